The maximum atomic E-state index is 13.0. The molecule has 3 rings (SSSR count). The number of halogens is 1. The summed E-state index contributed by atoms with van der Waals surface area (Å²) in [5, 5.41) is 2.79. The summed E-state index contributed by atoms with van der Waals surface area (Å²) in [4.78, 5) is 12.6. The Hall–Kier alpha value is -2.25. The highest BCUT2D eigenvalue weighted by atomic mass is 32.2. The molecule has 2 aromatic carbocycles. The van der Waals surface area contributed by atoms with Crippen LogP contribution in [0.2, 0.25) is 0 Å². The number of sulfonamides is 1. The van der Waals surface area contributed by atoms with Crippen LogP contribution in [0.15, 0.2) is 53.4 Å². The van der Waals surface area contributed by atoms with Crippen molar-refractivity contribution in [1.82, 2.24) is 9.62 Å². The molecule has 5 nitrogen and oxygen atoms in total. The zero-order valence-electron chi connectivity index (χ0n) is 15.9. The van der Waals surface area contributed by atoms with Crippen LogP contribution in [-0.4, -0.2) is 37.8 Å². The van der Waals surface area contributed by atoms with Crippen LogP contribution in [-0.2, 0) is 16.4 Å². The lowest BCUT2D eigenvalue weighted by Gasteiger charge is -2.32. The van der Waals surface area contributed by atoms with Gasteiger partial charge in [0, 0.05) is 24.7 Å². The molecule has 0 bridgehead atoms. The van der Waals surface area contributed by atoms with Crippen LogP contribution in [0.4, 0.5) is 4.39 Å². The van der Waals surface area contributed by atoms with Gasteiger partial charge >= 0.3 is 0 Å². The maximum absolute atomic E-state index is 13.0. The van der Waals surface area contributed by atoms with E-state index < -0.39 is 10.0 Å². The Morgan fingerprint density at radius 2 is 1.93 bits per heavy atom. The van der Waals surface area contributed by atoms with Crippen molar-refractivity contribution in [1.29, 1.82) is 0 Å². The quantitative estimate of drug-likeness (QED) is 0.803. The molecule has 28 heavy (non-hydrogen) atoms. The first-order chi connectivity index (χ1) is 13.4. The van der Waals surface area contributed by atoms with Crippen LogP contribution in [0.5, 0.6) is 0 Å². The molecule has 0 spiro atoms. The van der Waals surface area contributed by atoms with Crippen LogP contribution in [0.3, 0.4) is 0 Å². The molecular weight excluding hydrogens is 379 g/mol. The normalized spacial score (nSPS) is 18.0. The first-order valence-electron chi connectivity index (χ1n) is 9.52. The van der Waals surface area contributed by atoms with E-state index in [0.29, 0.717) is 25.1 Å². The minimum absolute atomic E-state index is 0.0352. The Morgan fingerprint density at radius 1 is 1.18 bits per heavy atom. The van der Waals surface area contributed by atoms with Crippen molar-refractivity contribution in [2.75, 3.05) is 13.1 Å². The lowest BCUT2D eigenvalue weighted by Crippen LogP contribution is -2.42. The molecule has 0 saturated carbocycles. The van der Waals surface area contributed by atoms with Crippen molar-refractivity contribution in [3.05, 3.63) is 65.5 Å². The topological polar surface area (TPSA) is 66.5 Å². The Bertz CT molecular complexity index is 929. The van der Waals surface area contributed by atoms with E-state index in [0.717, 1.165) is 24.8 Å². The van der Waals surface area contributed by atoms with E-state index in [4.69, 9.17) is 0 Å². The molecule has 2 aromatic rings. The van der Waals surface area contributed by atoms with Gasteiger partial charge in [-0.2, -0.15) is 4.31 Å². The first kappa shape index (κ1) is 20.5. The van der Waals surface area contributed by atoms with E-state index in [9.17, 15) is 17.6 Å². The minimum Gasteiger partial charge on any atom is -0.352 e. The van der Waals surface area contributed by atoms with E-state index in [1.165, 1.54) is 28.6 Å². The van der Waals surface area contributed by atoms with Gasteiger partial charge in [0.25, 0.3) is 5.91 Å². The summed E-state index contributed by atoms with van der Waals surface area (Å²) in [5.41, 5.74) is 1.22. The second-order valence-corrected chi connectivity index (χ2v) is 9.01. The second-order valence-electron chi connectivity index (χ2n) is 7.12. The van der Waals surface area contributed by atoms with Crippen LogP contribution >= 0.6 is 0 Å². The van der Waals surface area contributed by atoms with E-state index >= 15 is 0 Å². The molecular formula is C21H25FN2O3S. The van der Waals surface area contributed by atoms with Gasteiger partial charge in [-0.3, -0.25) is 4.79 Å². The third-order valence-electron chi connectivity index (χ3n) is 5.06. The summed E-state index contributed by atoms with van der Waals surface area (Å²) in [5.74, 6) is -0.625. The highest BCUT2D eigenvalue weighted by Gasteiger charge is 2.31. The van der Waals surface area contributed by atoms with Gasteiger partial charge in [-0.15, -0.1) is 0 Å². The SMILES string of the molecule is C[C@@H]1CCCCN1S(=O)(=O)c1cccc(C(=O)NCCc2ccc(F)cc2)c1. The molecule has 1 N–H and O–H groups in total. The van der Waals surface area contributed by atoms with Gasteiger partial charge in [0.05, 0.1) is 4.90 Å². The fourth-order valence-corrected chi connectivity index (χ4v) is 5.18. The van der Waals surface area contributed by atoms with E-state index in [1.807, 2.05) is 6.92 Å². The fourth-order valence-electron chi connectivity index (χ4n) is 3.44. The summed E-state index contributed by atoms with van der Waals surface area (Å²) in [6.07, 6.45) is 3.30. The molecule has 1 heterocycles. The Kier molecular flexibility index (Phi) is 6.46. The molecule has 1 amide bonds. The molecule has 1 atom stereocenters. The number of nitrogens with one attached hydrogen (secondary N) is 1. The fraction of sp³-hybridized carbons (Fsp3) is 0.381. The Morgan fingerprint density at radius 3 is 2.64 bits per heavy atom. The molecule has 0 aromatic heterocycles. The Labute approximate surface area is 165 Å². The largest absolute Gasteiger partial charge is 0.352 e. The average molecular weight is 405 g/mol. The van der Waals surface area contributed by atoms with Crippen molar-refractivity contribution in [3.63, 3.8) is 0 Å². The number of hydrogen-bond acceptors (Lipinski definition) is 3. The molecule has 0 aliphatic carbocycles. The summed E-state index contributed by atoms with van der Waals surface area (Å²) >= 11 is 0. The van der Waals surface area contributed by atoms with Crippen LogP contribution in [0, 0.1) is 5.82 Å². The van der Waals surface area contributed by atoms with Gasteiger partial charge in [-0.1, -0.05) is 24.6 Å². The number of rotatable bonds is 6. The number of nitrogens with zero attached hydrogens (tertiary/aromatic N) is 1. The molecule has 7 heteroatoms. The van der Waals surface area contributed by atoms with Crippen LogP contribution in [0.1, 0.15) is 42.1 Å². The van der Waals surface area contributed by atoms with Crippen molar-refractivity contribution in [2.45, 2.75) is 43.5 Å². The van der Waals surface area contributed by atoms with Crippen molar-refractivity contribution in [3.8, 4) is 0 Å². The summed E-state index contributed by atoms with van der Waals surface area (Å²) in [6, 6.07) is 12.2. The van der Waals surface area contributed by atoms with Gasteiger partial charge < -0.3 is 5.32 Å². The van der Waals surface area contributed by atoms with E-state index in [1.54, 1.807) is 24.3 Å². The predicted molar refractivity (Wildman–Crippen MR) is 106 cm³/mol. The van der Waals surface area contributed by atoms with Gasteiger partial charge in [0.1, 0.15) is 5.82 Å². The molecule has 150 valence electrons. The molecule has 1 saturated heterocycles. The van der Waals surface area contributed by atoms with E-state index in [2.05, 4.69) is 5.32 Å². The summed E-state index contributed by atoms with van der Waals surface area (Å²) in [7, 11) is -3.62. The van der Waals surface area contributed by atoms with Crippen LogP contribution < -0.4 is 5.32 Å². The third-order valence-corrected chi connectivity index (χ3v) is 7.07. The number of carbonyl (C=O) groups excluding carboxylic acids is 1. The highest BCUT2D eigenvalue weighted by Crippen LogP contribution is 2.25. The lowest BCUT2D eigenvalue weighted by molar-refractivity contribution is 0.0954. The standard InChI is InChI=1S/C21H25FN2O3S/c1-16-5-2-3-14-24(16)28(26,27)20-7-4-6-18(15-20)21(25)23-13-12-17-8-10-19(22)11-9-17/h4,6-11,15-16H,2-3,5,12-14H2,1H3,(H,23,25)/t16-/m1/s1. The predicted octanol–water partition coefficient (Wildman–Crippen LogP) is 3.36. The third kappa shape index (κ3) is 4.77. The summed E-state index contributed by atoms with van der Waals surface area (Å²) in [6.45, 7) is 2.81. The highest BCUT2D eigenvalue weighted by molar-refractivity contribution is 7.89. The van der Waals surface area contributed by atoms with Crippen molar-refractivity contribution < 1.29 is 17.6 Å². The Balaban J connectivity index is 1.66. The number of hydrogen-bond donors (Lipinski definition) is 1. The molecule has 0 radical (unpaired) electrons. The molecule has 1 aliphatic heterocycles. The van der Waals surface area contributed by atoms with Crippen LogP contribution in [0.25, 0.3) is 0 Å². The molecule has 1 aliphatic rings. The number of carbonyl (C=O) groups is 1. The first-order valence-corrected chi connectivity index (χ1v) is 11.0. The van der Waals surface area contributed by atoms with Gasteiger partial charge in [0.2, 0.25) is 10.0 Å². The van der Waals surface area contributed by atoms with E-state index in [-0.39, 0.29) is 22.7 Å². The van der Waals surface area contributed by atoms with Crippen molar-refractivity contribution >= 4 is 15.9 Å². The smallest absolute Gasteiger partial charge is 0.251 e. The number of amides is 1. The minimum atomic E-state index is -3.62. The lowest BCUT2D eigenvalue weighted by atomic mass is 10.1. The molecule has 0 unspecified atom stereocenters. The number of piperidine rings is 1. The maximum Gasteiger partial charge on any atom is 0.251 e. The average Bonchev–Trinajstić information content (AvgIpc) is 2.69. The zero-order valence-corrected chi connectivity index (χ0v) is 16.7. The van der Waals surface area contributed by atoms with Gasteiger partial charge in [0.15, 0.2) is 0 Å². The zero-order chi connectivity index (χ0) is 20.1. The molecule has 1 fully saturated rings. The monoisotopic (exact) mass is 404 g/mol. The summed E-state index contributed by atoms with van der Waals surface area (Å²) < 4.78 is 40.4. The number of benzene rings is 2. The van der Waals surface area contributed by atoms with Crippen molar-refractivity contribution in [2.24, 2.45) is 0 Å². The van der Waals surface area contributed by atoms with Gasteiger partial charge in [-0.05, 0) is 62.1 Å². The second kappa shape index (κ2) is 8.84. The van der Waals surface area contributed by atoms with Gasteiger partial charge in [-0.25, -0.2) is 12.8 Å².